The van der Waals surface area contributed by atoms with E-state index in [1.807, 2.05) is 30.5 Å². The van der Waals surface area contributed by atoms with Gasteiger partial charge < -0.3 is 0 Å². The van der Waals surface area contributed by atoms with E-state index in [4.69, 9.17) is 0 Å². The van der Waals surface area contributed by atoms with Crippen LogP contribution >= 0.6 is 0 Å². The van der Waals surface area contributed by atoms with Crippen LogP contribution in [0.2, 0.25) is 0 Å². The summed E-state index contributed by atoms with van der Waals surface area (Å²) < 4.78 is 0. The molecule has 2 nitrogen and oxygen atoms in total. The van der Waals surface area contributed by atoms with E-state index in [9.17, 15) is 0 Å². The predicted molar refractivity (Wildman–Crippen MR) is 77.6 cm³/mol. The molecule has 0 fully saturated rings. The number of hydrogen-bond acceptors (Lipinski definition) is 2. The zero-order valence-electron chi connectivity index (χ0n) is 10.7. The molecule has 0 bridgehead atoms. The van der Waals surface area contributed by atoms with Crippen molar-refractivity contribution in [3.63, 3.8) is 0 Å². The summed E-state index contributed by atoms with van der Waals surface area (Å²) in [5.74, 6) is 0. The van der Waals surface area contributed by atoms with Gasteiger partial charge in [-0.05, 0) is 31.2 Å². The van der Waals surface area contributed by atoms with Crippen molar-refractivity contribution in [2.45, 2.75) is 6.92 Å². The molecule has 0 amide bonds. The van der Waals surface area contributed by atoms with Crippen molar-refractivity contribution in [3.8, 4) is 22.5 Å². The van der Waals surface area contributed by atoms with Crippen molar-refractivity contribution in [2.75, 3.05) is 0 Å². The second kappa shape index (κ2) is 5.02. The van der Waals surface area contributed by atoms with Crippen molar-refractivity contribution < 1.29 is 0 Å². The van der Waals surface area contributed by atoms with Crippen LogP contribution in [0.5, 0.6) is 0 Å². The van der Waals surface area contributed by atoms with Gasteiger partial charge in [0, 0.05) is 23.5 Å². The average Bonchev–Trinajstić information content (AvgIpc) is 2.49. The molecule has 0 radical (unpaired) electrons. The lowest BCUT2D eigenvalue weighted by Gasteiger charge is -2.04. The van der Waals surface area contributed by atoms with Crippen LogP contribution in [0.25, 0.3) is 22.5 Å². The fourth-order valence-corrected chi connectivity index (χ4v) is 2.01. The Labute approximate surface area is 112 Å². The second-order valence-electron chi connectivity index (χ2n) is 4.51. The zero-order valence-corrected chi connectivity index (χ0v) is 10.7. The first-order valence-electron chi connectivity index (χ1n) is 6.27. The first-order valence-corrected chi connectivity index (χ1v) is 6.27. The van der Waals surface area contributed by atoms with Crippen LogP contribution in [-0.2, 0) is 0 Å². The van der Waals surface area contributed by atoms with Gasteiger partial charge in [-0.2, -0.15) is 0 Å². The highest BCUT2D eigenvalue weighted by atomic mass is 14.7. The van der Waals surface area contributed by atoms with Gasteiger partial charge in [-0.15, -0.1) is 0 Å². The summed E-state index contributed by atoms with van der Waals surface area (Å²) in [6.45, 7) is 2.08. The fourth-order valence-electron chi connectivity index (χ4n) is 2.01. The van der Waals surface area contributed by atoms with Crippen LogP contribution in [0.1, 0.15) is 5.56 Å². The summed E-state index contributed by atoms with van der Waals surface area (Å²) in [6, 6.07) is 18.4. The van der Waals surface area contributed by atoms with Crippen LogP contribution in [-0.4, -0.2) is 9.97 Å². The summed E-state index contributed by atoms with van der Waals surface area (Å²) in [5, 5.41) is 0. The Hall–Kier alpha value is -2.48. The third kappa shape index (κ3) is 2.52. The molecular weight excluding hydrogens is 232 g/mol. The third-order valence-electron chi connectivity index (χ3n) is 3.07. The molecule has 0 atom stereocenters. The largest absolute Gasteiger partial charge is 0.256 e. The molecule has 0 aliphatic heterocycles. The quantitative estimate of drug-likeness (QED) is 0.679. The van der Waals surface area contributed by atoms with Crippen molar-refractivity contribution in [3.05, 3.63) is 72.6 Å². The van der Waals surface area contributed by atoms with Crippen LogP contribution in [0, 0.1) is 6.92 Å². The molecule has 2 aromatic heterocycles. The molecule has 1 aromatic carbocycles. The van der Waals surface area contributed by atoms with E-state index in [2.05, 4.69) is 47.2 Å². The summed E-state index contributed by atoms with van der Waals surface area (Å²) in [5.41, 5.74) is 5.42. The van der Waals surface area contributed by atoms with Crippen LogP contribution < -0.4 is 0 Å². The van der Waals surface area contributed by atoms with Gasteiger partial charge in [-0.25, -0.2) is 0 Å². The lowest BCUT2D eigenvalue weighted by Crippen LogP contribution is -1.87. The summed E-state index contributed by atoms with van der Waals surface area (Å²) in [4.78, 5) is 8.81. The van der Waals surface area contributed by atoms with Crippen molar-refractivity contribution in [1.82, 2.24) is 9.97 Å². The normalized spacial score (nSPS) is 10.4. The van der Waals surface area contributed by atoms with E-state index in [1.165, 1.54) is 5.56 Å². The highest BCUT2D eigenvalue weighted by Gasteiger charge is 2.03. The van der Waals surface area contributed by atoms with Gasteiger partial charge in [0.2, 0.25) is 0 Å². The lowest BCUT2D eigenvalue weighted by atomic mass is 10.1. The number of rotatable bonds is 2. The van der Waals surface area contributed by atoms with Gasteiger partial charge in [0.1, 0.15) is 0 Å². The highest BCUT2D eigenvalue weighted by Crippen LogP contribution is 2.23. The minimum absolute atomic E-state index is 0.971. The Morgan fingerprint density at radius 2 is 1.47 bits per heavy atom. The Kier molecular flexibility index (Phi) is 3.07. The molecule has 2 heterocycles. The fraction of sp³-hybridized carbons (Fsp3) is 0.0588. The maximum absolute atomic E-state index is 4.44. The van der Waals surface area contributed by atoms with Gasteiger partial charge >= 0.3 is 0 Å². The summed E-state index contributed by atoms with van der Waals surface area (Å²) in [7, 11) is 0. The van der Waals surface area contributed by atoms with E-state index in [1.54, 1.807) is 6.20 Å². The third-order valence-corrected chi connectivity index (χ3v) is 3.07. The Morgan fingerprint density at radius 3 is 2.21 bits per heavy atom. The van der Waals surface area contributed by atoms with E-state index in [-0.39, 0.29) is 0 Å². The monoisotopic (exact) mass is 246 g/mol. The first kappa shape index (κ1) is 11.6. The molecule has 3 aromatic rings. The molecule has 0 aliphatic carbocycles. The molecule has 0 unspecified atom stereocenters. The molecule has 0 saturated carbocycles. The Balaban J connectivity index is 2.03. The SMILES string of the molecule is Cc1ccc(-c2cc(-c3ccccn3)ccn2)cc1. The van der Waals surface area contributed by atoms with E-state index in [0.717, 1.165) is 22.5 Å². The highest BCUT2D eigenvalue weighted by molar-refractivity contribution is 5.68. The Morgan fingerprint density at radius 1 is 0.684 bits per heavy atom. The van der Waals surface area contributed by atoms with Gasteiger partial charge in [0.25, 0.3) is 0 Å². The molecule has 92 valence electrons. The van der Waals surface area contributed by atoms with E-state index in [0.29, 0.717) is 0 Å². The maximum Gasteiger partial charge on any atom is 0.0708 e. The molecule has 0 saturated heterocycles. The second-order valence-corrected chi connectivity index (χ2v) is 4.51. The topological polar surface area (TPSA) is 25.8 Å². The molecule has 3 rings (SSSR count). The maximum atomic E-state index is 4.44. The first-order chi connectivity index (χ1) is 9.33. The average molecular weight is 246 g/mol. The standard InChI is InChI=1S/C17H14N2/c1-13-5-7-14(8-6-13)17-12-15(9-11-19-17)16-4-2-3-10-18-16/h2-12H,1H3. The van der Waals surface area contributed by atoms with Crippen molar-refractivity contribution in [2.24, 2.45) is 0 Å². The number of benzene rings is 1. The molecule has 0 aliphatic rings. The molecule has 0 spiro atoms. The number of hydrogen-bond donors (Lipinski definition) is 0. The van der Waals surface area contributed by atoms with Crippen LogP contribution in [0.15, 0.2) is 67.0 Å². The summed E-state index contributed by atoms with van der Waals surface area (Å²) in [6.07, 6.45) is 3.64. The van der Waals surface area contributed by atoms with Gasteiger partial charge in [-0.3, -0.25) is 9.97 Å². The smallest absolute Gasteiger partial charge is 0.0708 e. The number of pyridine rings is 2. The van der Waals surface area contributed by atoms with Crippen molar-refractivity contribution >= 4 is 0 Å². The predicted octanol–water partition coefficient (Wildman–Crippen LogP) is 4.12. The number of aryl methyl sites for hydroxylation is 1. The zero-order chi connectivity index (χ0) is 13.1. The van der Waals surface area contributed by atoms with Gasteiger partial charge in [-0.1, -0.05) is 35.9 Å². The number of aromatic nitrogens is 2. The van der Waals surface area contributed by atoms with Crippen LogP contribution in [0.3, 0.4) is 0 Å². The molecular formula is C17H14N2. The van der Waals surface area contributed by atoms with Crippen LogP contribution in [0.4, 0.5) is 0 Å². The van der Waals surface area contributed by atoms with E-state index < -0.39 is 0 Å². The van der Waals surface area contributed by atoms with Gasteiger partial charge in [0.15, 0.2) is 0 Å². The van der Waals surface area contributed by atoms with Gasteiger partial charge in [0.05, 0.1) is 11.4 Å². The Bertz CT molecular complexity index is 673. The molecule has 2 heteroatoms. The lowest BCUT2D eigenvalue weighted by molar-refractivity contribution is 1.28. The minimum Gasteiger partial charge on any atom is -0.256 e. The summed E-state index contributed by atoms with van der Waals surface area (Å²) >= 11 is 0. The van der Waals surface area contributed by atoms with Crippen molar-refractivity contribution in [1.29, 1.82) is 0 Å². The number of nitrogens with zero attached hydrogens (tertiary/aromatic N) is 2. The molecule has 0 N–H and O–H groups in total. The molecule has 19 heavy (non-hydrogen) atoms. The van der Waals surface area contributed by atoms with E-state index >= 15 is 0 Å². The minimum atomic E-state index is 0.971.